The molecule has 1 aromatic carbocycles. The van der Waals surface area contributed by atoms with Crippen molar-refractivity contribution >= 4 is 5.91 Å². The summed E-state index contributed by atoms with van der Waals surface area (Å²) in [6.45, 7) is 6.18. The molecule has 36 heavy (non-hydrogen) atoms. The van der Waals surface area contributed by atoms with Crippen LogP contribution < -0.4 is 5.32 Å². The molecule has 3 heterocycles. The number of aryl methyl sites for hydroxylation is 1. The predicted octanol–water partition coefficient (Wildman–Crippen LogP) is 6.62. The number of hydrogen-bond donors (Lipinski definition) is 1. The molecule has 3 aromatic rings. The molecule has 5 rings (SSSR count). The number of imidazole rings is 1. The Kier molecular flexibility index (Phi) is 8.22. The minimum atomic E-state index is -0.141. The Morgan fingerprint density at radius 3 is 2.44 bits per heavy atom. The van der Waals surface area contributed by atoms with Crippen LogP contribution >= 0.6 is 0 Å². The number of nitrogens with zero attached hydrogens (tertiary/aromatic N) is 3. The number of benzene rings is 1. The van der Waals surface area contributed by atoms with Gasteiger partial charge >= 0.3 is 0 Å². The lowest BCUT2D eigenvalue weighted by Crippen LogP contribution is -2.30. The zero-order valence-corrected chi connectivity index (χ0v) is 21.7. The van der Waals surface area contributed by atoms with Gasteiger partial charge in [-0.15, -0.1) is 0 Å². The molecule has 1 N–H and O–H groups in total. The van der Waals surface area contributed by atoms with Crippen LogP contribution in [0.3, 0.4) is 0 Å². The Balaban J connectivity index is 1.30. The predicted molar refractivity (Wildman–Crippen MR) is 144 cm³/mol. The van der Waals surface area contributed by atoms with Crippen molar-refractivity contribution in [1.82, 2.24) is 19.8 Å². The van der Waals surface area contributed by atoms with Crippen molar-refractivity contribution in [1.29, 1.82) is 0 Å². The van der Waals surface area contributed by atoms with Crippen molar-refractivity contribution in [3.8, 4) is 22.7 Å². The van der Waals surface area contributed by atoms with Gasteiger partial charge in [-0.3, -0.25) is 4.79 Å². The van der Waals surface area contributed by atoms with Gasteiger partial charge in [0.2, 0.25) is 0 Å². The molecule has 1 saturated heterocycles. The van der Waals surface area contributed by atoms with Crippen LogP contribution in [0, 0.1) is 6.92 Å². The third-order valence-electron chi connectivity index (χ3n) is 7.79. The van der Waals surface area contributed by atoms with E-state index in [4.69, 9.17) is 9.40 Å². The van der Waals surface area contributed by atoms with Crippen molar-refractivity contribution in [2.45, 2.75) is 77.2 Å². The first-order valence-electron chi connectivity index (χ1n) is 13.9. The number of amides is 1. The summed E-state index contributed by atoms with van der Waals surface area (Å²) in [6, 6.07) is 12.6. The zero-order valence-electron chi connectivity index (χ0n) is 21.7. The first-order chi connectivity index (χ1) is 17.7. The van der Waals surface area contributed by atoms with E-state index in [1.54, 1.807) is 6.07 Å². The molecule has 0 bridgehead atoms. The maximum Gasteiger partial charge on any atom is 0.287 e. The van der Waals surface area contributed by atoms with Crippen molar-refractivity contribution in [2.24, 2.45) is 0 Å². The second kappa shape index (κ2) is 11.9. The molecule has 6 heteroatoms. The van der Waals surface area contributed by atoms with Crippen molar-refractivity contribution < 1.29 is 9.21 Å². The first kappa shape index (κ1) is 24.8. The van der Waals surface area contributed by atoms with Gasteiger partial charge in [-0.05, 0) is 70.8 Å². The van der Waals surface area contributed by atoms with Crippen molar-refractivity contribution in [3.63, 3.8) is 0 Å². The minimum absolute atomic E-state index is 0.141. The molecule has 6 nitrogen and oxygen atoms in total. The molecule has 1 aliphatic carbocycles. The van der Waals surface area contributed by atoms with E-state index < -0.39 is 0 Å². The van der Waals surface area contributed by atoms with Crippen LogP contribution in [-0.2, 0) is 0 Å². The Morgan fingerprint density at radius 2 is 1.69 bits per heavy atom. The number of nitrogens with one attached hydrogen (secondary N) is 1. The maximum atomic E-state index is 12.9. The van der Waals surface area contributed by atoms with Gasteiger partial charge in [0.25, 0.3) is 5.91 Å². The van der Waals surface area contributed by atoms with Crippen LogP contribution in [0.4, 0.5) is 0 Å². The summed E-state index contributed by atoms with van der Waals surface area (Å²) in [5.74, 6) is 0.937. The number of likely N-dealkylation sites (tertiary alicyclic amines) is 1. The fourth-order valence-electron chi connectivity index (χ4n) is 5.70. The van der Waals surface area contributed by atoms with Gasteiger partial charge in [-0.25, -0.2) is 4.98 Å². The second-order valence-electron chi connectivity index (χ2n) is 10.5. The lowest BCUT2D eigenvalue weighted by molar-refractivity contribution is 0.0924. The van der Waals surface area contributed by atoms with E-state index in [1.165, 1.54) is 63.6 Å². The third-order valence-corrected chi connectivity index (χ3v) is 7.79. The van der Waals surface area contributed by atoms with Gasteiger partial charge in [0.15, 0.2) is 11.5 Å². The second-order valence-corrected chi connectivity index (χ2v) is 10.5. The monoisotopic (exact) mass is 488 g/mol. The molecule has 0 atom stereocenters. The molecule has 1 saturated carbocycles. The Bertz CT molecular complexity index is 1120. The number of hydrogen-bond acceptors (Lipinski definition) is 4. The van der Waals surface area contributed by atoms with Crippen molar-refractivity contribution in [3.05, 3.63) is 54.0 Å². The lowest BCUT2D eigenvalue weighted by atomic mass is 9.95. The topological polar surface area (TPSA) is 63.3 Å². The Labute approximate surface area is 215 Å². The van der Waals surface area contributed by atoms with Gasteiger partial charge in [-0.2, -0.15) is 0 Å². The molecule has 192 valence electrons. The standard InChI is InChI=1S/C30H40N4O2/c1-23-12-14-24(15-13-23)28-29(34(22-32-28)25-10-5-4-6-11-25)26-16-17-27(36-26)30(35)31-18-9-21-33-19-7-2-3-8-20-33/h12-17,22,25H,2-11,18-21H2,1H3,(H,31,35). The largest absolute Gasteiger partial charge is 0.449 e. The zero-order chi connectivity index (χ0) is 24.7. The quantitative estimate of drug-likeness (QED) is 0.362. The highest BCUT2D eigenvalue weighted by molar-refractivity contribution is 5.92. The third kappa shape index (κ3) is 5.92. The molecule has 0 radical (unpaired) electrons. The molecule has 2 aliphatic rings. The van der Waals surface area contributed by atoms with Crippen molar-refractivity contribution in [2.75, 3.05) is 26.2 Å². The molecular formula is C30H40N4O2. The minimum Gasteiger partial charge on any atom is -0.449 e. The van der Waals surface area contributed by atoms with Gasteiger partial charge in [0.05, 0.1) is 12.0 Å². The highest BCUT2D eigenvalue weighted by Crippen LogP contribution is 2.38. The van der Waals surface area contributed by atoms with Gasteiger partial charge in [-0.1, -0.05) is 61.9 Å². The number of carbonyl (C=O) groups is 1. The number of carbonyl (C=O) groups excluding carboxylic acids is 1. The van der Waals surface area contributed by atoms with Crippen LogP contribution in [0.2, 0.25) is 0 Å². The Hall–Kier alpha value is -2.86. The van der Waals surface area contributed by atoms with Gasteiger partial charge in [0, 0.05) is 18.2 Å². The van der Waals surface area contributed by atoms with E-state index in [0.29, 0.717) is 24.1 Å². The van der Waals surface area contributed by atoms with Crippen LogP contribution in [-0.4, -0.2) is 46.5 Å². The van der Waals surface area contributed by atoms with Gasteiger partial charge < -0.3 is 19.2 Å². The highest BCUT2D eigenvalue weighted by atomic mass is 16.4. The van der Waals surface area contributed by atoms with E-state index in [-0.39, 0.29) is 5.91 Å². The first-order valence-corrected chi connectivity index (χ1v) is 13.9. The number of aromatic nitrogens is 2. The summed E-state index contributed by atoms with van der Waals surface area (Å²) < 4.78 is 8.48. The summed E-state index contributed by atoms with van der Waals surface area (Å²) in [5, 5.41) is 3.06. The lowest BCUT2D eigenvalue weighted by Gasteiger charge is -2.24. The van der Waals surface area contributed by atoms with E-state index in [0.717, 1.165) is 42.8 Å². The molecule has 1 amide bonds. The van der Waals surface area contributed by atoms with Crippen LogP contribution in [0.5, 0.6) is 0 Å². The average molecular weight is 489 g/mol. The number of furan rings is 1. The SMILES string of the molecule is Cc1ccc(-c2ncn(C3CCCCC3)c2-c2ccc(C(=O)NCCCN3CCCCCC3)o2)cc1. The molecule has 0 unspecified atom stereocenters. The normalized spacial score (nSPS) is 17.7. The van der Waals surface area contributed by atoms with Gasteiger partial charge in [0.1, 0.15) is 5.69 Å². The fourth-order valence-corrected chi connectivity index (χ4v) is 5.70. The molecule has 1 aliphatic heterocycles. The Morgan fingerprint density at radius 1 is 0.972 bits per heavy atom. The smallest absolute Gasteiger partial charge is 0.287 e. The summed E-state index contributed by atoms with van der Waals surface area (Å²) in [6.07, 6.45) is 14.3. The molecule has 2 fully saturated rings. The molecule has 0 spiro atoms. The van der Waals surface area contributed by atoms with E-state index in [1.807, 2.05) is 12.4 Å². The average Bonchev–Trinajstić information content (AvgIpc) is 3.49. The highest BCUT2D eigenvalue weighted by Gasteiger charge is 2.25. The maximum absolute atomic E-state index is 12.9. The van der Waals surface area contributed by atoms with E-state index >= 15 is 0 Å². The summed E-state index contributed by atoms with van der Waals surface area (Å²) in [7, 11) is 0. The van der Waals surface area contributed by atoms with Crippen LogP contribution in [0.1, 0.15) is 86.4 Å². The van der Waals surface area contributed by atoms with Crippen LogP contribution in [0.25, 0.3) is 22.7 Å². The molecule has 2 aromatic heterocycles. The van der Waals surface area contributed by atoms with Crippen LogP contribution in [0.15, 0.2) is 47.1 Å². The summed E-state index contributed by atoms with van der Waals surface area (Å²) in [5.41, 5.74) is 4.19. The molecular weight excluding hydrogens is 448 g/mol. The summed E-state index contributed by atoms with van der Waals surface area (Å²) in [4.78, 5) is 20.2. The summed E-state index contributed by atoms with van der Waals surface area (Å²) >= 11 is 0. The van der Waals surface area contributed by atoms with E-state index in [9.17, 15) is 4.79 Å². The van der Waals surface area contributed by atoms with E-state index in [2.05, 4.69) is 46.0 Å². The fraction of sp³-hybridized carbons (Fsp3) is 0.533. The number of rotatable bonds is 8.